The van der Waals surface area contributed by atoms with Crippen LogP contribution in [0.25, 0.3) is 21.9 Å². The van der Waals surface area contributed by atoms with Crippen molar-refractivity contribution in [3.8, 4) is 22.6 Å². The Balaban J connectivity index is 1.28. The van der Waals surface area contributed by atoms with Crippen LogP contribution in [-0.4, -0.2) is 4.98 Å². The third-order valence-electron chi connectivity index (χ3n) is 7.90. The number of aromatic nitrogens is 1. The fraction of sp³-hybridized carbons (Fsp3) is 0. The van der Waals surface area contributed by atoms with Crippen molar-refractivity contribution in [1.82, 2.24) is 4.98 Å². The lowest BCUT2D eigenvalue weighted by molar-refractivity contribution is 0.487. The largest absolute Gasteiger partial charge is 0.456 e. The van der Waals surface area contributed by atoms with Crippen LogP contribution in [0, 0.1) is 0 Å². The lowest BCUT2D eigenvalue weighted by atomic mass is 9.93. The maximum absolute atomic E-state index is 6.70. The van der Waals surface area contributed by atoms with Gasteiger partial charge in [0.05, 0.1) is 17.6 Å². The van der Waals surface area contributed by atoms with Gasteiger partial charge in [0.15, 0.2) is 0 Å². The van der Waals surface area contributed by atoms with Crippen LogP contribution in [0.3, 0.4) is 0 Å². The molecule has 0 aliphatic carbocycles. The average Bonchev–Trinajstić information content (AvgIpc) is 3.08. The molecular weight excluding hydrogens is 526 g/mol. The summed E-state index contributed by atoms with van der Waals surface area (Å²) < 4.78 is 6.70. The summed E-state index contributed by atoms with van der Waals surface area (Å²) in [6, 6.07) is 52.7. The summed E-state index contributed by atoms with van der Waals surface area (Å²) in [4.78, 5) is 8.90. The molecule has 43 heavy (non-hydrogen) atoms. The van der Waals surface area contributed by atoms with Gasteiger partial charge < -0.3 is 14.5 Å². The molecule has 0 unspecified atom stereocenters. The standard InChI is InChI=1S/C39H27N3O/c1-4-12-28(13-5-1)41(32-18-11-25-40-27-32)31-21-22-33-34-23-24-36(35-19-10-20-37(39(34)35)43-38(33)26-31)42(29-14-6-2-7-15-29)30-16-8-3-9-17-30/h1-27H. The maximum Gasteiger partial charge on any atom is 0.137 e. The van der Waals surface area contributed by atoms with Crippen LogP contribution in [0.15, 0.2) is 164 Å². The van der Waals surface area contributed by atoms with Gasteiger partial charge in [0.1, 0.15) is 11.5 Å². The van der Waals surface area contributed by atoms with Crippen LogP contribution in [-0.2, 0) is 0 Å². The van der Waals surface area contributed by atoms with Gasteiger partial charge >= 0.3 is 0 Å². The molecule has 2 heterocycles. The Labute approximate surface area is 250 Å². The van der Waals surface area contributed by atoms with Gasteiger partial charge in [0.2, 0.25) is 0 Å². The minimum absolute atomic E-state index is 0.832. The second-order valence-corrected chi connectivity index (χ2v) is 10.5. The fourth-order valence-electron chi connectivity index (χ4n) is 6.03. The summed E-state index contributed by atoms with van der Waals surface area (Å²) >= 11 is 0. The molecule has 0 spiro atoms. The number of rotatable bonds is 6. The van der Waals surface area contributed by atoms with E-state index in [9.17, 15) is 0 Å². The predicted molar refractivity (Wildman–Crippen MR) is 177 cm³/mol. The first-order valence-electron chi connectivity index (χ1n) is 14.4. The molecule has 4 heteroatoms. The maximum atomic E-state index is 6.70. The lowest BCUT2D eigenvalue weighted by Gasteiger charge is -2.30. The van der Waals surface area contributed by atoms with Crippen molar-refractivity contribution in [3.63, 3.8) is 0 Å². The zero-order chi connectivity index (χ0) is 28.6. The summed E-state index contributed by atoms with van der Waals surface area (Å²) in [5.41, 5.74) is 8.59. The Kier molecular flexibility index (Phi) is 6.08. The Morgan fingerprint density at radius 3 is 1.72 bits per heavy atom. The molecule has 0 radical (unpaired) electrons. The zero-order valence-electron chi connectivity index (χ0n) is 23.3. The van der Waals surface area contributed by atoms with Gasteiger partial charge in [-0.05, 0) is 78.4 Å². The number of pyridine rings is 1. The highest BCUT2D eigenvalue weighted by Crippen LogP contribution is 2.51. The first-order chi connectivity index (χ1) is 21.3. The van der Waals surface area contributed by atoms with E-state index in [1.165, 1.54) is 0 Å². The lowest BCUT2D eigenvalue weighted by Crippen LogP contribution is -2.11. The van der Waals surface area contributed by atoms with Crippen molar-refractivity contribution in [3.05, 3.63) is 164 Å². The van der Waals surface area contributed by atoms with E-state index in [0.717, 1.165) is 67.5 Å². The fourth-order valence-corrected chi connectivity index (χ4v) is 6.03. The Bertz CT molecular complexity index is 1970. The van der Waals surface area contributed by atoms with Crippen molar-refractivity contribution in [2.75, 3.05) is 9.80 Å². The molecule has 204 valence electrons. The summed E-state index contributed by atoms with van der Waals surface area (Å²) in [5, 5.41) is 2.25. The van der Waals surface area contributed by atoms with E-state index in [0.29, 0.717) is 0 Å². The minimum atomic E-state index is 0.832. The molecular formula is C39H27N3O. The van der Waals surface area contributed by atoms with Crippen LogP contribution in [0.1, 0.15) is 0 Å². The van der Waals surface area contributed by atoms with E-state index in [1.54, 1.807) is 6.20 Å². The van der Waals surface area contributed by atoms with Crippen molar-refractivity contribution >= 4 is 44.9 Å². The highest BCUT2D eigenvalue weighted by Gasteiger charge is 2.25. The molecule has 0 saturated carbocycles. The number of anilines is 6. The summed E-state index contributed by atoms with van der Waals surface area (Å²) in [7, 11) is 0. The third kappa shape index (κ3) is 4.37. The normalized spacial score (nSPS) is 11.4. The van der Waals surface area contributed by atoms with Gasteiger partial charge in [-0.2, -0.15) is 0 Å². The quantitative estimate of drug-likeness (QED) is 0.205. The highest BCUT2D eigenvalue weighted by molar-refractivity contribution is 6.11. The monoisotopic (exact) mass is 553 g/mol. The summed E-state index contributed by atoms with van der Waals surface area (Å²) in [5.74, 6) is 1.69. The van der Waals surface area contributed by atoms with Crippen LogP contribution >= 0.6 is 0 Å². The first kappa shape index (κ1) is 24.9. The smallest absolute Gasteiger partial charge is 0.137 e. The molecule has 0 N–H and O–H groups in total. The Morgan fingerprint density at radius 1 is 0.442 bits per heavy atom. The van der Waals surface area contributed by atoms with Crippen LogP contribution in [0.2, 0.25) is 0 Å². The molecule has 0 amide bonds. The molecule has 0 saturated heterocycles. The molecule has 1 aromatic heterocycles. The van der Waals surface area contributed by atoms with Gasteiger partial charge in [0.25, 0.3) is 0 Å². The molecule has 7 aromatic rings. The van der Waals surface area contributed by atoms with E-state index in [1.807, 2.05) is 18.3 Å². The molecule has 0 fully saturated rings. The van der Waals surface area contributed by atoms with Gasteiger partial charge in [-0.1, -0.05) is 72.8 Å². The number of fused-ring (bicyclic) bond motifs is 2. The molecule has 0 atom stereocenters. The molecule has 6 aromatic carbocycles. The number of benzene rings is 6. The highest BCUT2D eigenvalue weighted by atomic mass is 16.5. The van der Waals surface area contributed by atoms with E-state index in [2.05, 4.69) is 154 Å². The van der Waals surface area contributed by atoms with Crippen LogP contribution < -0.4 is 14.5 Å². The van der Waals surface area contributed by atoms with E-state index in [4.69, 9.17) is 4.74 Å². The number of ether oxygens (including phenoxy) is 1. The van der Waals surface area contributed by atoms with Gasteiger partial charge in [-0.25, -0.2) is 0 Å². The number of hydrogen-bond acceptors (Lipinski definition) is 4. The summed E-state index contributed by atoms with van der Waals surface area (Å²) in [6.07, 6.45) is 3.68. The van der Waals surface area contributed by atoms with Gasteiger partial charge in [-0.15, -0.1) is 0 Å². The second-order valence-electron chi connectivity index (χ2n) is 10.5. The summed E-state index contributed by atoms with van der Waals surface area (Å²) in [6.45, 7) is 0. The molecule has 0 bridgehead atoms. The van der Waals surface area contributed by atoms with Crippen LogP contribution in [0.4, 0.5) is 34.1 Å². The number of para-hydroxylation sites is 3. The van der Waals surface area contributed by atoms with Crippen molar-refractivity contribution < 1.29 is 4.74 Å². The molecule has 1 aliphatic rings. The SMILES string of the molecule is c1ccc(N(c2cccnc2)c2ccc3c(c2)Oc2cccc4c(N(c5ccccc5)c5ccccc5)ccc-3c24)cc1. The molecule has 4 nitrogen and oxygen atoms in total. The van der Waals surface area contributed by atoms with Crippen molar-refractivity contribution in [2.24, 2.45) is 0 Å². The Hall–Kier alpha value is -5.87. The second kappa shape index (κ2) is 10.5. The van der Waals surface area contributed by atoms with Crippen molar-refractivity contribution in [1.29, 1.82) is 0 Å². The first-order valence-corrected chi connectivity index (χ1v) is 14.4. The van der Waals surface area contributed by atoms with Gasteiger partial charge in [0, 0.05) is 51.3 Å². The minimum Gasteiger partial charge on any atom is -0.456 e. The molecule has 1 aliphatic heterocycles. The third-order valence-corrected chi connectivity index (χ3v) is 7.90. The van der Waals surface area contributed by atoms with Gasteiger partial charge in [-0.3, -0.25) is 4.98 Å². The zero-order valence-corrected chi connectivity index (χ0v) is 23.3. The molecule has 8 rings (SSSR count). The van der Waals surface area contributed by atoms with Crippen LogP contribution in [0.5, 0.6) is 11.5 Å². The van der Waals surface area contributed by atoms with E-state index < -0.39 is 0 Å². The number of hydrogen-bond donors (Lipinski definition) is 0. The van der Waals surface area contributed by atoms with E-state index >= 15 is 0 Å². The topological polar surface area (TPSA) is 28.6 Å². The number of nitrogens with zero attached hydrogens (tertiary/aromatic N) is 3. The Morgan fingerprint density at radius 2 is 1.07 bits per heavy atom. The van der Waals surface area contributed by atoms with Crippen molar-refractivity contribution in [2.45, 2.75) is 0 Å². The predicted octanol–water partition coefficient (Wildman–Crippen LogP) is 10.9. The van der Waals surface area contributed by atoms with E-state index in [-0.39, 0.29) is 0 Å². The average molecular weight is 554 g/mol.